The molecule has 1 aromatic carbocycles. The Morgan fingerprint density at radius 3 is 2.83 bits per heavy atom. The van der Waals surface area contributed by atoms with Gasteiger partial charge in [-0.1, -0.05) is 6.07 Å². The van der Waals surface area contributed by atoms with Gasteiger partial charge in [-0.25, -0.2) is 0 Å². The van der Waals surface area contributed by atoms with Crippen LogP contribution in [0.25, 0.3) is 10.9 Å². The third-order valence-electron chi connectivity index (χ3n) is 3.99. The molecule has 0 aliphatic heterocycles. The largest absolute Gasteiger partial charge is 0.481 e. The second kappa shape index (κ2) is 3.57. The van der Waals surface area contributed by atoms with Crippen LogP contribution in [0.5, 0.6) is 0 Å². The SMILES string of the molecule is Cc1nn(C)c2ccc(C3(CC(=O)O)CC3)cc12. The number of aliphatic carboxylic acids is 1. The number of hydrogen-bond donors (Lipinski definition) is 1. The molecule has 1 saturated carbocycles. The molecule has 1 fully saturated rings. The number of benzene rings is 1. The van der Waals surface area contributed by atoms with E-state index in [1.54, 1.807) is 0 Å². The molecule has 0 bridgehead atoms. The van der Waals surface area contributed by atoms with Gasteiger partial charge in [-0.15, -0.1) is 0 Å². The molecule has 1 heterocycles. The fourth-order valence-electron chi connectivity index (χ4n) is 2.78. The third-order valence-corrected chi connectivity index (χ3v) is 3.99. The molecule has 0 radical (unpaired) electrons. The van der Waals surface area contributed by atoms with Gasteiger partial charge in [-0.3, -0.25) is 9.48 Å². The molecule has 0 spiro atoms. The minimum atomic E-state index is -0.712. The summed E-state index contributed by atoms with van der Waals surface area (Å²) in [5.74, 6) is -0.712. The highest BCUT2D eigenvalue weighted by molar-refractivity contribution is 5.83. The molecule has 3 rings (SSSR count). The van der Waals surface area contributed by atoms with Crippen molar-refractivity contribution in [1.29, 1.82) is 0 Å². The fraction of sp³-hybridized carbons (Fsp3) is 0.429. The van der Waals surface area contributed by atoms with Crippen LogP contribution in [0.3, 0.4) is 0 Å². The van der Waals surface area contributed by atoms with Crippen LogP contribution in [-0.2, 0) is 17.3 Å². The van der Waals surface area contributed by atoms with E-state index < -0.39 is 5.97 Å². The first-order chi connectivity index (χ1) is 8.52. The van der Waals surface area contributed by atoms with Gasteiger partial charge in [-0.2, -0.15) is 5.10 Å². The summed E-state index contributed by atoms with van der Waals surface area (Å²) in [5, 5.41) is 14.5. The van der Waals surface area contributed by atoms with Crippen molar-refractivity contribution in [2.24, 2.45) is 7.05 Å². The number of rotatable bonds is 3. The van der Waals surface area contributed by atoms with Crippen LogP contribution in [0.4, 0.5) is 0 Å². The Morgan fingerprint density at radius 2 is 2.22 bits per heavy atom. The van der Waals surface area contributed by atoms with Crippen molar-refractivity contribution in [2.75, 3.05) is 0 Å². The maximum absolute atomic E-state index is 10.9. The lowest BCUT2D eigenvalue weighted by Crippen LogP contribution is -2.12. The predicted molar refractivity (Wildman–Crippen MR) is 68.6 cm³/mol. The molecule has 2 aromatic rings. The summed E-state index contributed by atoms with van der Waals surface area (Å²) in [6.45, 7) is 1.99. The Bertz CT molecular complexity index is 639. The maximum atomic E-state index is 10.9. The van der Waals surface area contributed by atoms with Gasteiger partial charge in [0.25, 0.3) is 0 Å². The summed E-state index contributed by atoms with van der Waals surface area (Å²) in [5.41, 5.74) is 3.12. The topological polar surface area (TPSA) is 55.1 Å². The van der Waals surface area contributed by atoms with Crippen molar-refractivity contribution in [3.63, 3.8) is 0 Å². The van der Waals surface area contributed by atoms with Crippen LogP contribution in [0.15, 0.2) is 18.2 Å². The maximum Gasteiger partial charge on any atom is 0.304 e. The average molecular weight is 244 g/mol. The number of aromatic nitrogens is 2. The van der Waals surface area contributed by atoms with E-state index in [4.69, 9.17) is 5.11 Å². The summed E-state index contributed by atoms with van der Waals surface area (Å²) < 4.78 is 1.87. The monoisotopic (exact) mass is 244 g/mol. The Hall–Kier alpha value is -1.84. The molecular formula is C14H16N2O2. The molecular weight excluding hydrogens is 228 g/mol. The van der Waals surface area contributed by atoms with Crippen LogP contribution in [0.2, 0.25) is 0 Å². The van der Waals surface area contributed by atoms with Crippen molar-refractivity contribution in [3.05, 3.63) is 29.5 Å². The number of carbonyl (C=O) groups is 1. The van der Waals surface area contributed by atoms with E-state index in [9.17, 15) is 4.79 Å². The number of carboxylic acids is 1. The van der Waals surface area contributed by atoms with Crippen LogP contribution in [-0.4, -0.2) is 20.9 Å². The van der Waals surface area contributed by atoms with Crippen molar-refractivity contribution in [3.8, 4) is 0 Å². The number of aryl methyl sites for hydroxylation is 2. The highest BCUT2D eigenvalue weighted by Gasteiger charge is 2.46. The standard InChI is InChI=1S/C14H16N2O2/c1-9-11-7-10(3-4-12(11)16(2)15-9)14(5-6-14)8-13(17)18/h3-4,7H,5-6,8H2,1-2H3,(H,17,18). The third kappa shape index (κ3) is 1.60. The van der Waals surface area contributed by atoms with E-state index in [2.05, 4.69) is 17.2 Å². The van der Waals surface area contributed by atoms with E-state index in [1.807, 2.05) is 24.7 Å². The van der Waals surface area contributed by atoms with Crippen LogP contribution >= 0.6 is 0 Å². The first-order valence-corrected chi connectivity index (χ1v) is 6.17. The van der Waals surface area contributed by atoms with Crippen molar-refractivity contribution in [2.45, 2.75) is 31.6 Å². The normalized spacial score (nSPS) is 17.0. The van der Waals surface area contributed by atoms with Crippen molar-refractivity contribution < 1.29 is 9.90 Å². The molecule has 18 heavy (non-hydrogen) atoms. The molecule has 1 N–H and O–H groups in total. The van der Waals surface area contributed by atoms with Gasteiger partial charge >= 0.3 is 5.97 Å². The highest BCUT2D eigenvalue weighted by Crippen LogP contribution is 2.51. The number of nitrogens with zero attached hydrogens (tertiary/aromatic N) is 2. The molecule has 94 valence electrons. The lowest BCUT2D eigenvalue weighted by molar-refractivity contribution is -0.137. The van der Waals surface area contributed by atoms with E-state index >= 15 is 0 Å². The molecule has 0 amide bonds. The van der Waals surface area contributed by atoms with Crippen molar-refractivity contribution >= 4 is 16.9 Å². The highest BCUT2D eigenvalue weighted by atomic mass is 16.4. The van der Waals surface area contributed by atoms with Gasteiger partial charge in [0, 0.05) is 17.8 Å². The van der Waals surface area contributed by atoms with Crippen LogP contribution < -0.4 is 0 Å². The van der Waals surface area contributed by atoms with Gasteiger partial charge in [0.2, 0.25) is 0 Å². The molecule has 1 aliphatic rings. The Kier molecular flexibility index (Phi) is 2.24. The molecule has 4 heteroatoms. The number of hydrogen-bond acceptors (Lipinski definition) is 2. The van der Waals surface area contributed by atoms with Crippen LogP contribution in [0.1, 0.15) is 30.5 Å². The lowest BCUT2D eigenvalue weighted by atomic mass is 9.91. The first-order valence-electron chi connectivity index (χ1n) is 6.17. The molecule has 1 aromatic heterocycles. The van der Waals surface area contributed by atoms with Gasteiger partial charge in [-0.05, 0) is 37.5 Å². The minimum Gasteiger partial charge on any atom is -0.481 e. The predicted octanol–water partition coefficient (Wildman–Crippen LogP) is 2.39. The summed E-state index contributed by atoms with van der Waals surface area (Å²) in [6, 6.07) is 6.22. The van der Waals surface area contributed by atoms with E-state index in [0.717, 1.165) is 35.0 Å². The fourth-order valence-corrected chi connectivity index (χ4v) is 2.78. The second-order valence-electron chi connectivity index (χ2n) is 5.29. The molecule has 4 nitrogen and oxygen atoms in total. The van der Waals surface area contributed by atoms with E-state index in [-0.39, 0.29) is 11.8 Å². The van der Waals surface area contributed by atoms with Gasteiger partial charge in [0.1, 0.15) is 0 Å². The summed E-state index contributed by atoms with van der Waals surface area (Å²) in [6.07, 6.45) is 2.19. The lowest BCUT2D eigenvalue weighted by Gasteiger charge is -2.13. The molecule has 0 unspecified atom stereocenters. The summed E-state index contributed by atoms with van der Waals surface area (Å²) in [4.78, 5) is 10.9. The Labute approximate surface area is 105 Å². The van der Waals surface area contributed by atoms with Gasteiger partial charge in [0.05, 0.1) is 17.6 Å². The summed E-state index contributed by atoms with van der Waals surface area (Å²) >= 11 is 0. The number of fused-ring (bicyclic) bond motifs is 1. The van der Waals surface area contributed by atoms with E-state index in [0.29, 0.717) is 0 Å². The Morgan fingerprint density at radius 1 is 1.50 bits per heavy atom. The molecule has 0 atom stereocenters. The number of carboxylic acid groups (broad SMARTS) is 1. The zero-order valence-corrected chi connectivity index (χ0v) is 10.6. The minimum absolute atomic E-state index is 0.123. The van der Waals surface area contributed by atoms with Gasteiger partial charge in [0.15, 0.2) is 0 Å². The molecule has 0 saturated heterocycles. The van der Waals surface area contributed by atoms with Crippen LogP contribution in [0, 0.1) is 6.92 Å². The van der Waals surface area contributed by atoms with E-state index in [1.165, 1.54) is 0 Å². The first kappa shape index (κ1) is 11.3. The Balaban J connectivity index is 2.09. The average Bonchev–Trinajstić information content (AvgIpc) is 3.02. The molecule has 1 aliphatic carbocycles. The summed E-state index contributed by atoms with van der Waals surface area (Å²) in [7, 11) is 1.93. The quantitative estimate of drug-likeness (QED) is 0.902. The second-order valence-corrected chi connectivity index (χ2v) is 5.29. The zero-order chi connectivity index (χ0) is 12.9. The van der Waals surface area contributed by atoms with Gasteiger partial charge < -0.3 is 5.11 Å². The smallest absolute Gasteiger partial charge is 0.304 e. The zero-order valence-electron chi connectivity index (χ0n) is 10.6. The van der Waals surface area contributed by atoms with Crippen molar-refractivity contribution in [1.82, 2.24) is 9.78 Å².